The van der Waals surface area contributed by atoms with E-state index in [0.717, 1.165) is 124 Å². The van der Waals surface area contributed by atoms with E-state index in [0.29, 0.717) is 48.1 Å². The van der Waals surface area contributed by atoms with Gasteiger partial charge in [0, 0.05) is 59.5 Å². The molecule has 19 heteroatoms. The van der Waals surface area contributed by atoms with E-state index in [-0.39, 0.29) is 24.0 Å². The summed E-state index contributed by atoms with van der Waals surface area (Å²) >= 11 is 4.71. The van der Waals surface area contributed by atoms with Gasteiger partial charge >= 0.3 is 0 Å². The van der Waals surface area contributed by atoms with E-state index in [1.807, 2.05) is 21.4 Å². The summed E-state index contributed by atoms with van der Waals surface area (Å²) in [5, 5.41) is 26.1. The number of anilines is 4. The summed E-state index contributed by atoms with van der Waals surface area (Å²) < 4.78 is 3.67. The first-order chi connectivity index (χ1) is 32.3. The average Bonchev–Trinajstić information content (AvgIpc) is 3.94. The number of nitrogens with zero attached hydrogens (tertiary/aromatic N) is 10. The van der Waals surface area contributed by atoms with Crippen LogP contribution < -0.4 is 32.3 Å². The van der Waals surface area contributed by atoms with Crippen LogP contribution in [-0.4, -0.2) is 137 Å². The molecule has 4 aliphatic carbocycles. The Morgan fingerprint density at radius 2 is 1.07 bits per heavy atom. The molecule has 0 saturated heterocycles. The molecule has 4 saturated carbocycles. The van der Waals surface area contributed by atoms with Crippen molar-refractivity contribution in [2.45, 2.75) is 178 Å². The van der Waals surface area contributed by atoms with Gasteiger partial charge in [-0.3, -0.25) is 9.59 Å². The van der Waals surface area contributed by atoms with Gasteiger partial charge in [-0.25, -0.2) is 0 Å². The lowest BCUT2D eigenvalue weighted by molar-refractivity contribution is -0.117. The zero-order chi connectivity index (χ0) is 48.0. The van der Waals surface area contributed by atoms with Gasteiger partial charge in [0.2, 0.25) is 34.9 Å². The average molecular weight is 946 g/mol. The molecule has 7 N–H and O–H groups in total. The molecule has 0 radical (unpaired) electrons. The van der Waals surface area contributed by atoms with E-state index in [9.17, 15) is 9.59 Å². The van der Waals surface area contributed by atoms with Crippen LogP contribution in [0.4, 0.5) is 23.8 Å². The highest BCUT2D eigenvalue weighted by molar-refractivity contribution is 6.66. The Kier molecular flexibility index (Phi) is 19.1. The topological polar surface area (TPSA) is 213 Å². The Balaban J connectivity index is 0.000000202. The monoisotopic (exact) mass is 945 g/mol. The van der Waals surface area contributed by atoms with Crippen LogP contribution in [0.25, 0.3) is 11.3 Å². The van der Waals surface area contributed by atoms with Gasteiger partial charge in [-0.05, 0) is 168 Å². The Morgan fingerprint density at radius 1 is 0.642 bits per heavy atom. The van der Waals surface area contributed by atoms with Gasteiger partial charge in [0.05, 0.1) is 12.4 Å². The number of amides is 1. The van der Waals surface area contributed by atoms with Crippen LogP contribution in [-0.2, 0) is 22.4 Å². The van der Waals surface area contributed by atoms with Gasteiger partial charge < -0.3 is 42.1 Å². The van der Waals surface area contributed by atoms with Crippen molar-refractivity contribution in [3.8, 4) is 0 Å². The number of aromatic nitrogens is 8. The van der Waals surface area contributed by atoms with Crippen LogP contribution >= 0.6 is 11.6 Å². The van der Waals surface area contributed by atoms with Crippen LogP contribution in [0.1, 0.15) is 128 Å². The molecule has 4 aromatic rings. The lowest BCUT2D eigenvalue weighted by atomic mass is 9.90. The van der Waals surface area contributed by atoms with Crippen molar-refractivity contribution in [2.75, 3.05) is 49.5 Å². The number of hydrogen-bond acceptors (Lipinski definition) is 15. The molecular weight excluding hydrogens is 868 g/mol. The molecule has 0 aliphatic heterocycles. The normalized spacial score (nSPS) is 25.3. The number of halogens is 1. The van der Waals surface area contributed by atoms with E-state index in [2.05, 4.69) is 102 Å². The minimum Gasteiger partial charge on any atom is -0.351 e. The van der Waals surface area contributed by atoms with Crippen LogP contribution in [0.2, 0.25) is 0 Å². The molecule has 67 heavy (non-hydrogen) atoms. The summed E-state index contributed by atoms with van der Waals surface area (Å²) in [6.07, 6.45) is 25.6. The molecule has 8 rings (SSSR count). The highest BCUT2D eigenvalue weighted by Crippen LogP contribution is 2.29. The van der Waals surface area contributed by atoms with Crippen molar-refractivity contribution in [3.63, 3.8) is 0 Å². The molecule has 0 bridgehead atoms. The second kappa shape index (κ2) is 24.9. The number of nitrogens with one attached hydrogen (secondary N) is 5. The molecule has 1 amide bonds. The summed E-state index contributed by atoms with van der Waals surface area (Å²) in [5.74, 6) is 2.76. The predicted molar refractivity (Wildman–Crippen MR) is 270 cm³/mol. The maximum atomic E-state index is 11.8. The van der Waals surface area contributed by atoms with Gasteiger partial charge in [-0.15, -0.1) is 0 Å². The molecule has 4 atom stereocenters. The quantitative estimate of drug-likeness (QED) is 0.0548. The van der Waals surface area contributed by atoms with Gasteiger partial charge in [0.15, 0.2) is 11.3 Å². The highest BCUT2D eigenvalue weighted by atomic mass is 35.5. The van der Waals surface area contributed by atoms with E-state index in [1.54, 1.807) is 0 Å². The second-order valence-electron chi connectivity index (χ2n) is 19.2. The number of aryl methyl sites for hydroxylation is 2. The molecule has 4 aliphatic rings. The zero-order valence-electron chi connectivity index (χ0n) is 40.8. The van der Waals surface area contributed by atoms with Crippen molar-refractivity contribution in [2.24, 2.45) is 5.73 Å². The van der Waals surface area contributed by atoms with Crippen molar-refractivity contribution in [1.82, 2.24) is 54.3 Å². The largest absolute Gasteiger partial charge is 0.351 e. The summed E-state index contributed by atoms with van der Waals surface area (Å²) in [6, 6.07) is 3.13. The molecule has 4 unspecified atom stereocenters. The van der Waals surface area contributed by atoms with Gasteiger partial charge in [0.1, 0.15) is 0 Å². The number of allylic oxidation sites excluding steroid dienone is 1. The fourth-order valence-electron chi connectivity index (χ4n) is 9.93. The Bertz CT molecular complexity index is 2230. The fraction of sp³-hybridized carbons (Fsp3) is 0.667. The summed E-state index contributed by atoms with van der Waals surface area (Å²) in [4.78, 5) is 45.2. The van der Waals surface area contributed by atoms with Gasteiger partial charge in [-0.2, -0.15) is 39.2 Å². The molecule has 4 heterocycles. The zero-order valence-corrected chi connectivity index (χ0v) is 41.6. The smallest absolute Gasteiger partial charge is 0.244 e. The number of nitrogens with two attached hydrogens (primary N) is 1. The first-order valence-corrected chi connectivity index (χ1v) is 25.0. The van der Waals surface area contributed by atoms with E-state index in [1.165, 1.54) is 31.8 Å². The van der Waals surface area contributed by atoms with Crippen LogP contribution in [0.15, 0.2) is 37.7 Å². The molecular formula is C48H77ClN16O2. The number of carbonyl (C=O) groups excluding carboxylic acids is 2. The first kappa shape index (κ1) is 51.5. The molecule has 18 nitrogen and oxygen atoms in total. The standard InChI is InChI=1S/C24H38N8O.C21H36N8.C3H3ClO/c1-5-16-15-25-32-22(16)29-23(27-17-10-12-20(13-11-17)31(3)4)30-24(32)28-19-9-7-8-18(14-19)26-21(33)6-2;1-4-14-13-23-29-19(14)26-20(24-16-8-10-18(11-9-16)28(2)3)27-21(29)25-17-7-5-6-15(22)12-17;1-2-3(4)5/h6,15,17-20H,2,5,7-14H2,1,3-4H3,(H,26,33)(H2,27,28,29,30);13,15-18H,4-12,22H2,1-3H3,(H2,24,25,26,27);2H,1H2. The maximum absolute atomic E-state index is 11.8. The fourth-order valence-corrected chi connectivity index (χ4v) is 9.93. The molecule has 4 aromatic heterocycles. The Labute approximate surface area is 402 Å². The van der Waals surface area contributed by atoms with Gasteiger partial charge in [-0.1, -0.05) is 27.0 Å². The molecule has 0 spiro atoms. The van der Waals surface area contributed by atoms with E-state index >= 15 is 0 Å². The lowest BCUT2D eigenvalue weighted by Gasteiger charge is -2.33. The first-order valence-electron chi connectivity index (χ1n) is 24.7. The number of carbonyl (C=O) groups is 2. The highest BCUT2D eigenvalue weighted by Gasteiger charge is 2.28. The second-order valence-corrected chi connectivity index (χ2v) is 19.6. The van der Waals surface area contributed by atoms with Crippen molar-refractivity contribution < 1.29 is 9.59 Å². The van der Waals surface area contributed by atoms with Crippen molar-refractivity contribution in [1.29, 1.82) is 0 Å². The van der Waals surface area contributed by atoms with E-state index in [4.69, 9.17) is 37.3 Å². The van der Waals surface area contributed by atoms with Crippen molar-refractivity contribution in [3.05, 3.63) is 48.8 Å². The third-order valence-electron chi connectivity index (χ3n) is 13.9. The van der Waals surface area contributed by atoms with Crippen LogP contribution in [0.3, 0.4) is 0 Å². The minimum absolute atomic E-state index is 0.111. The lowest BCUT2D eigenvalue weighted by Crippen LogP contribution is -2.41. The van der Waals surface area contributed by atoms with E-state index < -0.39 is 5.24 Å². The molecule has 0 aromatic carbocycles. The Morgan fingerprint density at radius 3 is 1.48 bits per heavy atom. The number of fused-ring (bicyclic) bond motifs is 2. The molecule has 4 fully saturated rings. The van der Waals surface area contributed by atoms with Crippen molar-refractivity contribution >= 4 is 57.8 Å². The van der Waals surface area contributed by atoms with Crippen LogP contribution in [0.5, 0.6) is 0 Å². The van der Waals surface area contributed by atoms with Crippen LogP contribution in [0, 0.1) is 0 Å². The SMILES string of the molecule is C=CC(=O)Cl.C=CC(=O)NC1CCCC(Nc2nc(NC3CCC(N(C)C)CC3)nc3c(CC)cnn23)C1.CCc1cnn2c(NC3CCCC(N)C3)nc(NC3CCC(N(C)C)CC3)nc12. The third kappa shape index (κ3) is 14.5. The summed E-state index contributed by atoms with van der Waals surface area (Å²) in [6.45, 7) is 10.9. The third-order valence-corrected chi connectivity index (χ3v) is 14.1. The molecule has 368 valence electrons. The predicted octanol–water partition coefficient (Wildman–Crippen LogP) is 6.59. The minimum atomic E-state index is -0.509. The summed E-state index contributed by atoms with van der Waals surface area (Å²) in [7, 11) is 8.68. The van der Waals surface area contributed by atoms with Gasteiger partial charge in [0.25, 0.3) is 0 Å². The summed E-state index contributed by atoms with van der Waals surface area (Å²) in [5.41, 5.74) is 10.2. The Hall–Kier alpha value is -4.91. The maximum Gasteiger partial charge on any atom is 0.244 e. The number of rotatable bonds is 15. The number of hydrogen-bond donors (Lipinski definition) is 6.